The zero-order valence-corrected chi connectivity index (χ0v) is 13.0. The van der Waals surface area contributed by atoms with Gasteiger partial charge < -0.3 is 9.80 Å². The quantitative estimate of drug-likeness (QED) is 0.870. The Kier molecular flexibility index (Phi) is 4.75. The zero-order valence-electron chi connectivity index (χ0n) is 12.2. The summed E-state index contributed by atoms with van der Waals surface area (Å²) in [5, 5.41) is 0.213. The van der Waals surface area contributed by atoms with Gasteiger partial charge in [0.15, 0.2) is 0 Å². The molecule has 0 spiro atoms. The van der Waals surface area contributed by atoms with E-state index in [1.54, 1.807) is 11.9 Å². The molecule has 1 amide bonds. The highest BCUT2D eigenvalue weighted by atomic mass is 35.5. The van der Waals surface area contributed by atoms with E-state index in [1.165, 1.54) is 12.4 Å². The molecular formula is C15H17ClN4O. The van der Waals surface area contributed by atoms with Crippen molar-refractivity contribution >= 4 is 23.2 Å². The Labute approximate surface area is 129 Å². The third kappa shape index (κ3) is 3.92. The average molecular weight is 305 g/mol. The fourth-order valence-electron chi connectivity index (χ4n) is 1.89. The Balaban J connectivity index is 2.07. The van der Waals surface area contributed by atoms with Gasteiger partial charge in [-0.25, -0.2) is 4.98 Å². The molecule has 0 aliphatic carbocycles. The summed E-state index contributed by atoms with van der Waals surface area (Å²) in [6.45, 7) is 0.501. The van der Waals surface area contributed by atoms with E-state index in [2.05, 4.69) is 9.97 Å². The van der Waals surface area contributed by atoms with Crippen LogP contribution >= 0.6 is 11.6 Å². The molecule has 1 aromatic heterocycles. The van der Waals surface area contributed by atoms with Crippen LogP contribution in [0.4, 0.5) is 5.69 Å². The summed E-state index contributed by atoms with van der Waals surface area (Å²) in [6.07, 6.45) is 2.82. The van der Waals surface area contributed by atoms with Crippen molar-refractivity contribution in [2.45, 2.75) is 6.54 Å². The van der Waals surface area contributed by atoms with Crippen LogP contribution in [-0.4, -0.2) is 41.9 Å². The van der Waals surface area contributed by atoms with Gasteiger partial charge >= 0.3 is 0 Å². The first-order chi connectivity index (χ1) is 9.97. The number of carbonyl (C=O) groups is 1. The summed E-state index contributed by atoms with van der Waals surface area (Å²) in [5.74, 6) is -0.207. The van der Waals surface area contributed by atoms with Gasteiger partial charge in [0.05, 0.1) is 12.4 Å². The topological polar surface area (TPSA) is 49.3 Å². The Morgan fingerprint density at radius 1 is 1.14 bits per heavy atom. The van der Waals surface area contributed by atoms with Crippen LogP contribution in [0.3, 0.4) is 0 Å². The molecule has 1 aromatic carbocycles. The number of hydrogen-bond donors (Lipinski definition) is 0. The molecular weight excluding hydrogens is 288 g/mol. The fourth-order valence-corrected chi connectivity index (χ4v) is 2.03. The predicted molar refractivity (Wildman–Crippen MR) is 83.6 cm³/mol. The van der Waals surface area contributed by atoms with Gasteiger partial charge in [-0.1, -0.05) is 23.7 Å². The third-order valence-electron chi connectivity index (χ3n) is 3.04. The van der Waals surface area contributed by atoms with E-state index in [4.69, 9.17) is 11.6 Å². The van der Waals surface area contributed by atoms with Crippen molar-refractivity contribution < 1.29 is 4.79 Å². The highest BCUT2D eigenvalue weighted by molar-refractivity contribution is 6.29. The minimum atomic E-state index is -0.207. The number of halogens is 1. The molecule has 1 heterocycles. The van der Waals surface area contributed by atoms with E-state index >= 15 is 0 Å². The average Bonchev–Trinajstić information content (AvgIpc) is 2.47. The van der Waals surface area contributed by atoms with Crippen molar-refractivity contribution in [3.63, 3.8) is 0 Å². The van der Waals surface area contributed by atoms with Gasteiger partial charge in [0, 0.05) is 33.4 Å². The molecule has 6 heteroatoms. The molecule has 5 nitrogen and oxygen atoms in total. The summed E-state index contributed by atoms with van der Waals surface area (Å²) in [5.41, 5.74) is 2.41. The van der Waals surface area contributed by atoms with E-state index in [1.807, 2.05) is 43.3 Å². The second-order valence-corrected chi connectivity index (χ2v) is 5.34. The number of rotatable bonds is 4. The van der Waals surface area contributed by atoms with E-state index in [9.17, 15) is 4.79 Å². The molecule has 0 N–H and O–H groups in total. The largest absolute Gasteiger partial charge is 0.378 e. The number of carbonyl (C=O) groups excluding carboxylic acids is 1. The maximum atomic E-state index is 12.2. The van der Waals surface area contributed by atoms with Crippen LogP contribution < -0.4 is 4.90 Å². The van der Waals surface area contributed by atoms with E-state index in [-0.39, 0.29) is 16.8 Å². The first kappa shape index (κ1) is 15.3. The van der Waals surface area contributed by atoms with Crippen LogP contribution in [0.5, 0.6) is 0 Å². The minimum absolute atomic E-state index is 0.207. The van der Waals surface area contributed by atoms with E-state index < -0.39 is 0 Å². The smallest absolute Gasteiger partial charge is 0.274 e. The summed E-state index contributed by atoms with van der Waals surface area (Å²) >= 11 is 5.75. The van der Waals surface area contributed by atoms with Crippen LogP contribution in [0.15, 0.2) is 36.7 Å². The van der Waals surface area contributed by atoms with E-state index in [0.717, 1.165) is 11.3 Å². The van der Waals surface area contributed by atoms with Gasteiger partial charge in [0.2, 0.25) is 0 Å². The third-order valence-corrected chi connectivity index (χ3v) is 3.23. The first-order valence-corrected chi connectivity index (χ1v) is 6.84. The van der Waals surface area contributed by atoms with Crippen molar-refractivity contribution in [1.29, 1.82) is 0 Å². The van der Waals surface area contributed by atoms with Gasteiger partial charge in [-0.2, -0.15) is 0 Å². The number of aromatic nitrogens is 2. The second-order valence-electron chi connectivity index (χ2n) is 4.95. The van der Waals surface area contributed by atoms with Crippen LogP contribution in [0.1, 0.15) is 16.1 Å². The van der Waals surface area contributed by atoms with Crippen LogP contribution in [0.2, 0.25) is 5.15 Å². The standard InChI is InChI=1S/C15H17ClN4O/c1-19(2)12-6-4-11(5-7-12)10-20(3)15(21)13-8-17-9-14(16)18-13/h4-9H,10H2,1-3H3. The molecule has 0 aliphatic heterocycles. The molecule has 2 rings (SSSR count). The molecule has 0 atom stereocenters. The number of benzene rings is 1. The Bertz CT molecular complexity index is 628. The zero-order chi connectivity index (χ0) is 15.4. The summed E-state index contributed by atoms with van der Waals surface area (Å²) < 4.78 is 0. The molecule has 0 radical (unpaired) electrons. The van der Waals surface area contributed by atoms with Crippen molar-refractivity contribution in [3.05, 3.63) is 53.1 Å². The maximum Gasteiger partial charge on any atom is 0.274 e. The Morgan fingerprint density at radius 2 is 1.81 bits per heavy atom. The molecule has 0 saturated carbocycles. The molecule has 0 bridgehead atoms. The molecule has 0 unspecified atom stereocenters. The number of hydrogen-bond acceptors (Lipinski definition) is 4. The highest BCUT2D eigenvalue weighted by Crippen LogP contribution is 2.14. The Morgan fingerprint density at radius 3 is 2.38 bits per heavy atom. The minimum Gasteiger partial charge on any atom is -0.378 e. The summed E-state index contributed by atoms with van der Waals surface area (Å²) in [7, 11) is 5.70. The fraction of sp³-hybridized carbons (Fsp3) is 0.267. The molecule has 21 heavy (non-hydrogen) atoms. The molecule has 0 aliphatic rings. The van der Waals surface area contributed by atoms with Gasteiger partial charge in [-0.3, -0.25) is 9.78 Å². The SMILES string of the molecule is CN(Cc1ccc(N(C)C)cc1)C(=O)c1cncc(Cl)n1. The maximum absolute atomic E-state index is 12.2. The van der Waals surface area contributed by atoms with Gasteiger partial charge in [-0.05, 0) is 17.7 Å². The lowest BCUT2D eigenvalue weighted by molar-refractivity contribution is 0.0779. The van der Waals surface area contributed by atoms with Gasteiger partial charge in [0.25, 0.3) is 5.91 Å². The lowest BCUT2D eigenvalue weighted by atomic mass is 10.2. The first-order valence-electron chi connectivity index (χ1n) is 6.46. The summed E-state index contributed by atoms with van der Waals surface area (Å²) in [4.78, 5) is 23.7. The van der Waals surface area contributed by atoms with Gasteiger partial charge in [-0.15, -0.1) is 0 Å². The second kappa shape index (κ2) is 6.54. The lowest BCUT2D eigenvalue weighted by Crippen LogP contribution is -2.27. The molecule has 0 saturated heterocycles. The van der Waals surface area contributed by atoms with Crippen LogP contribution in [0, 0.1) is 0 Å². The number of anilines is 1. The lowest BCUT2D eigenvalue weighted by Gasteiger charge is -2.18. The van der Waals surface area contributed by atoms with Gasteiger partial charge in [0.1, 0.15) is 10.8 Å². The summed E-state index contributed by atoms with van der Waals surface area (Å²) in [6, 6.07) is 8.05. The number of nitrogens with zero attached hydrogens (tertiary/aromatic N) is 4. The number of amides is 1. The molecule has 110 valence electrons. The van der Waals surface area contributed by atoms with Crippen LogP contribution in [0.25, 0.3) is 0 Å². The molecule has 2 aromatic rings. The van der Waals surface area contributed by atoms with Crippen molar-refractivity contribution in [2.24, 2.45) is 0 Å². The molecule has 0 fully saturated rings. The van der Waals surface area contributed by atoms with Crippen LogP contribution in [-0.2, 0) is 6.54 Å². The van der Waals surface area contributed by atoms with Crippen molar-refractivity contribution in [1.82, 2.24) is 14.9 Å². The monoisotopic (exact) mass is 304 g/mol. The Hall–Kier alpha value is -2.14. The van der Waals surface area contributed by atoms with E-state index in [0.29, 0.717) is 6.54 Å². The predicted octanol–water partition coefficient (Wildman–Crippen LogP) is 2.47. The van der Waals surface area contributed by atoms with Crippen molar-refractivity contribution in [3.8, 4) is 0 Å². The highest BCUT2D eigenvalue weighted by Gasteiger charge is 2.14. The normalized spacial score (nSPS) is 10.3. The van der Waals surface area contributed by atoms with Crippen molar-refractivity contribution in [2.75, 3.05) is 26.0 Å².